The number of nitrogens with zero attached hydrogens (tertiary/aromatic N) is 3. The van der Waals surface area contributed by atoms with Crippen molar-refractivity contribution < 1.29 is 9.53 Å². The molecule has 1 aromatic heterocycles. The number of amides is 1. The standard InChI is InChI=1S/C28H39N3O2/c1-28(2,3)33-27(32)31(24-14-8-5-9-15-24)26-18-17-23(20-29-26)25-16-10-11-19-30(25)21-22-12-6-4-7-13-22/h4,6-7,12-13,17-18,20,24-25H,5,8-11,14-16,19,21H2,1-3H3/t25-/m0/s1. The molecule has 5 heteroatoms. The molecule has 5 nitrogen and oxygen atoms in total. The fourth-order valence-electron chi connectivity index (χ4n) is 5.19. The molecule has 0 N–H and O–H groups in total. The molecule has 1 saturated carbocycles. The van der Waals surface area contributed by atoms with Gasteiger partial charge in [0.25, 0.3) is 0 Å². The van der Waals surface area contributed by atoms with Crippen molar-refractivity contribution in [2.75, 3.05) is 11.4 Å². The van der Waals surface area contributed by atoms with E-state index in [1.807, 2.05) is 37.9 Å². The van der Waals surface area contributed by atoms with Crippen LogP contribution < -0.4 is 4.90 Å². The van der Waals surface area contributed by atoms with Crippen LogP contribution in [0.4, 0.5) is 10.6 Å². The molecule has 1 aliphatic carbocycles. The minimum atomic E-state index is -0.524. The summed E-state index contributed by atoms with van der Waals surface area (Å²) < 4.78 is 5.78. The molecular formula is C28H39N3O2. The molecule has 1 aromatic carbocycles. The lowest BCUT2D eigenvalue weighted by atomic mass is 9.94. The molecule has 33 heavy (non-hydrogen) atoms. The van der Waals surface area contributed by atoms with Gasteiger partial charge in [-0.05, 0) is 70.2 Å². The number of ether oxygens (including phenoxy) is 1. The maximum absolute atomic E-state index is 13.2. The van der Waals surface area contributed by atoms with Crippen LogP contribution in [-0.4, -0.2) is 34.2 Å². The molecule has 0 radical (unpaired) electrons. The fourth-order valence-corrected chi connectivity index (χ4v) is 5.19. The van der Waals surface area contributed by atoms with Crippen molar-refractivity contribution in [2.24, 2.45) is 0 Å². The quantitative estimate of drug-likeness (QED) is 0.499. The zero-order chi connectivity index (χ0) is 23.3. The van der Waals surface area contributed by atoms with Crippen LogP contribution in [0.25, 0.3) is 0 Å². The Morgan fingerprint density at radius 2 is 1.73 bits per heavy atom. The number of pyridine rings is 1. The highest BCUT2D eigenvalue weighted by atomic mass is 16.6. The number of benzene rings is 1. The zero-order valence-electron chi connectivity index (χ0n) is 20.5. The van der Waals surface area contributed by atoms with E-state index in [0.29, 0.717) is 11.9 Å². The molecule has 1 atom stereocenters. The van der Waals surface area contributed by atoms with Crippen molar-refractivity contribution >= 4 is 11.9 Å². The molecule has 0 unspecified atom stereocenters. The van der Waals surface area contributed by atoms with E-state index in [1.54, 1.807) is 0 Å². The van der Waals surface area contributed by atoms with E-state index in [9.17, 15) is 4.79 Å². The molecule has 4 rings (SSSR count). The molecule has 0 spiro atoms. The first-order chi connectivity index (χ1) is 15.9. The minimum absolute atomic E-state index is 0.163. The number of carbonyl (C=O) groups excluding carboxylic acids is 1. The minimum Gasteiger partial charge on any atom is -0.443 e. The topological polar surface area (TPSA) is 45.7 Å². The Kier molecular flexibility index (Phi) is 7.69. The maximum atomic E-state index is 13.2. The lowest BCUT2D eigenvalue weighted by molar-refractivity contribution is 0.0556. The third-order valence-corrected chi connectivity index (χ3v) is 6.77. The number of likely N-dealkylation sites (tertiary alicyclic amines) is 1. The Hall–Kier alpha value is -2.40. The van der Waals surface area contributed by atoms with Crippen molar-refractivity contribution in [1.29, 1.82) is 0 Å². The SMILES string of the molecule is CC(C)(C)OC(=O)N(c1ccc([C@@H]2CCCCN2Cc2ccccc2)cn1)C1CCCCC1. The van der Waals surface area contributed by atoms with Gasteiger partial charge >= 0.3 is 6.09 Å². The van der Waals surface area contributed by atoms with Gasteiger partial charge in [-0.25, -0.2) is 9.78 Å². The highest BCUT2D eigenvalue weighted by molar-refractivity contribution is 5.87. The summed E-state index contributed by atoms with van der Waals surface area (Å²) in [6, 6.07) is 15.4. The Morgan fingerprint density at radius 1 is 1.00 bits per heavy atom. The molecule has 1 aliphatic heterocycles. The van der Waals surface area contributed by atoms with E-state index in [-0.39, 0.29) is 12.1 Å². The van der Waals surface area contributed by atoms with Crippen molar-refractivity contribution in [1.82, 2.24) is 9.88 Å². The third-order valence-electron chi connectivity index (χ3n) is 6.77. The zero-order valence-corrected chi connectivity index (χ0v) is 20.5. The van der Waals surface area contributed by atoms with Gasteiger partial charge < -0.3 is 4.74 Å². The number of hydrogen-bond acceptors (Lipinski definition) is 4. The predicted molar refractivity (Wildman–Crippen MR) is 133 cm³/mol. The maximum Gasteiger partial charge on any atom is 0.416 e. The van der Waals surface area contributed by atoms with Crippen molar-refractivity contribution in [3.8, 4) is 0 Å². The second-order valence-corrected chi connectivity index (χ2v) is 10.6. The van der Waals surface area contributed by atoms with Crippen molar-refractivity contribution in [3.05, 3.63) is 59.8 Å². The molecule has 1 saturated heterocycles. The van der Waals surface area contributed by atoms with Crippen LogP contribution >= 0.6 is 0 Å². The van der Waals surface area contributed by atoms with E-state index in [1.165, 1.54) is 30.4 Å². The molecule has 2 fully saturated rings. The number of anilines is 1. The Bertz CT molecular complexity index is 886. The van der Waals surface area contributed by atoms with Crippen LogP contribution in [0, 0.1) is 0 Å². The van der Waals surface area contributed by atoms with Gasteiger partial charge in [-0.1, -0.05) is 62.1 Å². The first-order valence-electron chi connectivity index (χ1n) is 12.7. The smallest absolute Gasteiger partial charge is 0.416 e. The highest BCUT2D eigenvalue weighted by Crippen LogP contribution is 2.34. The number of hydrogen-bond donors (Lipinski definition) is 0. The Balaban J connectivity index is 1.54. The second-order valence-electron chi connectivity index (χ2n) is 10.6. The molecule has 2 aliphatic rings. The molecule has 2 heterocycles. The van der Waals surface area contributed by atoms with Gasteiger partial charge in [0, 0.05) is 24.8 Å². The summed E-state index contributed by atoms with van der Waals surface area (Å²) in [4.78, 5) is 22.4. The number of rotatable bonds is 5. The largest absolute Gasteiger partial charge is 0.443 e. The molecule has 2 aromatic rings. The van der Waals surface area contributed by atoms with Crippen LogP contribution in [0.15, 0.2) is 48.7 Å². The summed E-state index contributed by atoms with van der Waals surface area (Å²) in [5, 5.41) is 0. The summed E-state index contributed by atoms with van der Waals surface area (Å²) in [5.74, 6) is 0.713. The average molecular weight is 450 g/mol. The van der Waals surface area contributed by atoms with Crippen LogP contribution in [-0.2, 0) is 11.3 Å². The van der Waals surface area contributed by atoms with Crippen LogP contribution in [0.2, 0.25) is 0 Å². The van der Waals surface area contributed by atoms with E-state index in [2.05, 4.69) is 41.3 Å². The molecule has 1 amide bonds. The highest BCUT2D eigenvalue weighted by Gasteiger charge is 2.32. The summed E-state index contributed by atoms with van der Waals surface area (Å²) in [5.41, 5.74) is 2.06. The number of piperidine rings is 1. The summed E-state index contributed by atoms with van der Waals surface area (Å²) in [6.07, 6.45) is 10.9. The molecular weight excluding hydrogens is 410 g/mol. The second kappa shape index (κ2) is 10.7. The van der Waals surface area contributed by atoms with Gasteiger partial charge in [0.1, 0.15) is 11.4 Å². The Labute approximate surface area is 199 Å². The van der Waals surface area contributed by atoms with Crippen LogP contribution in [0.3, 0.4) is 0 Å². The predicted octanol–water partition coefficient (Wildman–Crippen LogP) is 6.88. The van der Waals surface area contributed by atoms with Crippen LogP contribution in [0.1, 0.15) is 89.3 Å². The average Bonchev–Trinajstić information content (AvgIpc) is 2.80. The summed E-state index contributed by atoms with van der Waals surface area (Å²) in [7, 11) is 0. The van der Waals surface area contributed by atoms with Gasteiger partial charge in [-0.2, -0.15) is 0 Å². The lowest BCUT2D eigenvalue weighted by Gasteiger charge is -2.37. The van der Waals surface area contributed by atoms with Gasteiger partial charge in [0.05, 0.1) is 0 Å². The normalized spacial score (nSPS) is 20.4. The monoisotopic (exact) mass is 449 g/mol. The van der Waals surface area contributed by atoms with Gasteiger partial charge in [0.2, 0.25) is 0 Å². The fraction of sp³-hybridized carbons (Fsp3) is 0.571. The lowest BCUT2D eigenvalue weighted by Crippen LogP contribution is -2.45. The van der Waals surface area contributed by atoms with Crippen molar-refractivity contribution in [3.63, 3.8) is 0 Å². The molecule has 178 valence electrons. The van der Waals surface area contributed by atoms with Gasteiger partial charge in [-0.3, -0.25) is 9.80 Å². The summed E-state index contributed by atoms with van der Waals surface area (Å²) in [6.45, 7) is 7.83. The van der Waals surface area contributed by atoms with E-state index < -0.39 is 5.60 Å². The van der Waals surface area contributed by atoms with Gasteiger partial charge in [-0.15, -0.1) is 0 Å². The van der Waals surface area contributed by atoms with Crippen LogP contribution in [0.5, 0.6) is 0 Å². The number of carbonyl (C=O) groups is 1. The first-order valence-corrected chi connectivity index (χ1v) is 12.7. The van der Waals surface area contributed by atoms with E-state index >= 15 is 0 Å². The summed E-state index contributed by atoms with van der Waals surface area (Å²) >= 11 is 0. The Morgan fingerprint density at radius 3 is 2.39 bits per heavy atom. The molecule has 0 bridgehead atoms. The van der Waals surface area contributed by atoms with E-state index in [0.717, 1.165) is 45.2 Å². The van der Waals surface area contributed by atoms with E-state index in [4.69, 9.17) is 9.72 Å². The first kappa shape index (κ1) is 23.7. The third kappa shape index (κ3) is 6.35. The number of aromatic nitrogens is 1. The van der Waals surface area contributed by atoms with Crippen molar-refractivity contribution in [2.45, 2.75) is 96.4 Å². The van der Waals surface area contributed by atoms with Gasteiger partial charge in [0.15, 0.2) is 0 Å².